The van der Waals surface area contributed by atoms with Gasteiger partial charge in [-0.25, -0.2) is 4.79 Å². The lowest BCUT2D eigenvalue weighted by Crippen LogP contribution is -2.19. The summed E-state index contributed by atoms with van der Waals surface area (Å²) in [4.78, 5) is 12.1. The van der Waals surface area contributed by atoms with Crippen LogP contribution in [-0.4, -0.2) is 10.4 Å². The number of benzene rings is 2. The van der Waals surface area contributed by atoms with E-state index in [0.29, 0.717) is 5.69 Å². The molecule has 0 aliphatic carbocycles. The van der Waals surface area contributed by atoms with Gasteiger partial charge >= 0.3 is 6.03 Å². The Hall–Kier alpha value is -2.66. The molecule has 0 saturated heterocycles. The predicted molar refractivity (Wildman–Crippen MR) is 91.4 cm³/mol. The lowest BCUT2D eigenvalue weighted by molar-refractivity contribution is 0.262. The quantitative estimate of drug-likeness (QED) is 0.732. The molecule has 1 aromatic heterocycles. The third-order valence-corrected chi connectivity index (χ3v) is 3.80. The Bertz CT molecular complexity index is 766. The molecule has 5 heteroatoms. The van der Waals surface area contributed by atoms with Crippen LogP contribution in [0.5, 0.6) is 0 Å². The van der Waals surface area contributed by atoms with Crippen LogP contribution in [-0.2, 0) is 0 Å². The number of rotatable bonds is 3. The molecule has 0 saturated carbocycles. The Balaban J connectivity index is 1.73. The molecule has 1 heterocycles. The summed E-state index contributed by atoms with van der Waals surface area (Å²) in [5.74, 6) is 0. The van der Waals surface area contributed by atoms with Crippen molar-refractivity contribution < 1.29 is 4.79 Å². The first-order valence-corrected chi connectivity index (χ1v) is 7.70. The minimum atomic E-state index is -0.277. The molecule has 0 unspecified atom stereocenters. The monoisotopic (exact) mass is 309 g/mol. The summed E-state index contributed by atoms with van der Waals surface area (Å²) in [5, 5.41) is 7.49. The number of nitrogens with one attached hydrogen (secondary N) is 2. The lowest BCUT2D eigenvalue weighted by atomic mass is 10.1. The molecule has 0 atom stereocenters. The maximum Gasteiger partial charge on any atom is 0.323 e. The van der Waals surface area contributed by atoms with E-state index in [1.807, 2.05) is 66.9 Å². The van der Waals surface area contributed by atoms with E-state index in [9.17, 15) is 4.79 Å². The third-order valence-electron chi connectivity index (χ3n) is 3.17. The van der Waals surface area contributed by atoms with E-state index in [4.69, 9.17) is 0 Å². The molecule has 2 N–H and O–H groups in total. The van der Waals surface area contributed by atoms with Gasteiger partial charge in [0.05, 0.1) is 5.69 Å². The topological polar surface area (TPSA) is 54.0 Å². The number of aromatic nitrogens is 1. The number of carbonyl (C=O) groups excluding carboxylic acids is 1. The Morgan fingerprint density at radius 2 is 1.73 bits per heavy atom. The highest BCUT2D eigenvalue weighted by atomic mass is 32.1. The van der Waals surface area contributed by atoms with Gasteiger partial charge < -0.3 is 10.6 Å². The number of aryl methyl sites for hydroxylation is 1. The molecule has 0 aliphatic heterocycles. The van der Waals surface area contributed by atoms with Crippen LogP contribution < -0.4 is 10.6 Å². The van der Waals surface area contributed by atoms with Crippen molar-refractivity contribution in [2.75, 3.05) is 10.6 Å². The van der Waals surface area contributed by atoms with Crippen molar-refractivity contribution in [3.63, 3.8) is 0 Å². The van der Waals surface area contributed by atoms with E-state index in [2.05, 4.69) is 15.0 Å². The molecule has 0 bridgehead atoms. The number of nitrogens with zero attached hydrogens (tertiary/aromatic N) is 1. The minimum absolute atomic E-state index is 0.277. The first-order valence-electron chi connectivity index (χ1n) is 6.87. The van der Waals surface area contributed by atoms with Gasteiger partial charge in [-0.05, 0) is 30.6 Å². The fraction of sp³-hybridized carbons (Fsp3) is 0.0588. The first-order chi connectivity index (χ1) is 10.7. The van der Waals surface area contributed by atoms with Crippen molar-refractivity contribution in [2.45, 2.75) is 6.92 Å². The number of anilines is 2. The van der Waals surface area contributed by atoms with Gasteiger partial charge in [-0.15, -0.1) is 0 Å². The van der Waals surface area contributed by atoms with E-state index in [1.54, 1.807) is 0 Å². The second kappa shape index (κ2) is 6.41. The first kappa shape index (κ1) is 14.3. The van der Waals surface area contributed by atoms with E-state index in [0.717, 1.165) is 22.5 Å². The van der Waals surface area contributed by atoms with E-state index >= 15 is 0 Å². The average Bonchev–Trinajstić information content (AvgIpc) is 2.98. The number of urea groups is 1. The summed E-state index contributed by atoms with van der Waals surface area (Å²) in [6.45, 7) is 2.01. The summed E-state index contributed by atoms with van der Waals surface area (Å²) in [5.41, 5.74) is 4.38. The second-order valence-corrected chi connectivity index (χ2v) is 5.52. The Labute approximate surface area is 133 Å². The summed E-state index contributed by atoms with van der Waals surface area (Å²) in [7, 11) is 0. The van der Waals surface area contributed by atoms with Crippen LogP contribution in [0, 0.1) is 6.92 Å². The van der Waals surface area contributed by atoms with Gasteiger partial charge in [-0.3, -0.25) is 0 Å². The molecule has 0 aliphatic rings. The smallest absolute Gasteiger partial charge is 0.308 e. The summed E-state index contributed by atoms with van der Waals surface area (Å²) >= 11 is 1.32. The van der Waals surface area contributed by atoms with Crippen molar-refractivity contribution in [3.05, 3.63) is 65.5 Å². The van der Waals surface area contributed by atoms with Gasteiger partial charge in [0.25, 0.3) is 0 Å². The highest BCUT2D eigenvalue weighted by Crippen LogP contribution is 2.28. The zero-order chi connectivity index (χ0) is 15.4. The molecule has 2 aromatic carbocycles. The highest BCUT2D eigenvalue weighted by molar-refractivity contribution is 7.04. The number of hydrogen-bond acceptors (Lipinski definition) is 3. The van der Waals surface area contributed by atoms with E-state index < -0.39 is 0 Å². The molecule has 0 fully saturated rings. The zero-order valence-electron chi connectivity index (χ0n) is 12.0. The van der Waals surface area contributed by atoms with Gasteiger partial charge in [0.1, 0.15) is 5.69 Å². The SMILES string of the molecule is Cc1ccc(NC(=O)Nc2csnc2-c2ccccc2)cc1. The predicted octanol–water partition coefficient (Wildman–Crippen LogP) is 4.76. The Morgan fingerprint density at radius 3 is 2.45 bits per heavy atom. The maximum absolute atomic E-state index is 12.1. The van der Waals surface area contributed by atoms with Crippen LogP contribution in [0.25, 0.3) is 11.3 Å². The van der Waals surface area contributed by atoms with Crippen molar-refractivity contribution >= 4 is 28.9 Å². The molecule has 3 rings (SSSR count). The molecule has 0 spiro atoms. The van der Waals surface area contributed by atoms with Crippen molar-refractivity contribution in [1.82, 2.24) is 4.37 Å². The molecule has 110 valence electrons. The second-order valence-electron chi connectivity index (χ2n) is 4.89. The summed E-state index contributed by atoms with van der Waals surface area (Å²) in [6.07, 6.45) is 0. The van der Waals surface area contributed by atoms with E-state index in [1.165, 1.54) is 11.5 Å². The number of hydrogen-bond donors (Lipinski definition) is 2. The van der Waals surface area contributed by atoms with Crippen LogP contribution in [0.1, 0.15) is 5.56 Å². The molecule has 22 heavy (non-hydrogen) atoms. The highest BCUT2D eigenvalue weighted by Gasteiger charge is 2.11. The largest absolute Gasteiger partial charge is 0.323 e. The fourth-order valence-electron chi connectivity index (χ4n) is 2.05. The number of amides is 2. The van der Waals surface area contributed by atoms with Crippen LogP contribution in [0.4, 0.5) is 16.2 Å². The Morgan fingerprint density at radius 1 is 1.00 bits per heavy atom. The molecule has 4 nitrogen and oxygen atoms in total. The zero-order valence-corrected chi connectivity index (χ0v) is 12.9. The van der Waals surface area contributed by atoms with Gasteiger partial charge in [0, 0.05) is 16.6 Å². The fourth-order valence-corrected chi connectivity index (χ4v) is 2.69. The molecular weight excluding hydrogens is 294 g/mol. The summed E-state index contributed by atoms with van der Waals surface area (Å²) < 4.78 is 4.36. The lowest BCUT2D eigenvalue weighted by Gasteiger charge is -2.08. The van der Waals surface area contributed by atoms with Gasteiger partial charge in [-0.1, -0.05) is 48.0 Å². The molecular formula is C17H15N3OS. The maximum atomic E-state index is 12.1. The van der Waals surface area contributed by atoms with Crippen LogP contribution in [0.3, 0.4) is 0 Å². The number of carbonyl (C=O) groups is 1. The normalized spacial score (nSPS) is 10.2. The molecule has 2 amide bonds. The molecule has 0 radical (unpaired) electrons. The summed E-state index contributed by atoms with van der Waals surface area (Å²) in [6, 6.07) is 17.2. The third kappa shape index (κ3) is 3.32. The molecule has 3 aromatic rings. The van der Waals surface area contributed by atoms with Crippen LogP contribution in [0.2, 0.25) is 0 Å². The van der Waals surface area contributed by atoms with Gasteiger partial charge in [-0.2, -0.15) is 4.37 Å². The van der Waals surface area contributed by atoms with Crippen LogP contribution in [0.15, 0.2) is 60.0 Å². The van der Waals surface area contributed by atoms with Crippen molar-refractivity contribution in [1.29, 1.82) is 0 Å². The van der Waals surface area contributed by atoms with Crippen molar-refractivity contribution in [3.8, 4) is 11.3 Å². The van der Waals surface area contributed by atoms with Gasteiger partial charge in [0.15, 0.2) is 0 Å². The van der Waals surface area contributed by atoms with Crippen molar-refractivity contribution in [2.24, 2.45) is 0 Å². The average molecular weight is 309 g/mol. The van der Waals surface area contributed by atoms with Crippen LogP contribution >= 0.6 is 11.5 Å². The van der Waals surface area contributed by atoms with E-state index in [-0.39, 0.29) is 6.03 Å². The minimum Gasteiger partial charge on any atom is -0.308 e. The Kier molecular flexibility index (Phi) is 4.16. The standard InChI is InChI=1S/C17H15N3OS/c1-12-7-9-14(10-8-12)18-17(21)19-15-11-22-20-16(15)13-5-3-2-4-6-13/h2-11H,1H3,(H2,18,19,21). The van der Waals surface area contributed by atoms with Gasteiger partial charge in [0.2, 0.25) is 0 Å².